The Morgan fingerprint density at radius 3 is 2.76 bits per heavy atom. The van der Waals surface area contributed by atoms with Crippen molar-refractivity contribution in [2.45, 2.75) is 37.6 Å². The molecular weight excluding hydrogens is 574 g/mol. The molecule has 1 aliphatic heterocycles. The normalized spacial score (nSPS) is 16.7. The molecule has 0 fully saturated rings. The molecule has 2 aromatic carbocycles. The van der Waals surface area contributed by atoms with Crippen molar-refractivity contribution in [3.05, 3.63) is 77.0 Å². The topological polar surface area (TPSA) is 168 Å². The van der Waals surface area contributed by atoms with Gasteiger partial charge in [-0.1, -0.05) is 18.0 Å². The first-order chi connectivity index (χ1) is 20.1. The number of halogens is 3. The number of benzene rings is 2. The number of aromatic nitrogens is 6. The van der Waals surface area contributed by atoms with Gasteiger partial charge in [0.2, 0.25) is 11.7 Å². The van der Waals surface area contributed by atoms with E-state index in [1.54, 1.807) is 24.3 Å². The van der Waals surface area contributed by atoms with Crippen LogP contribution in [0.25, 0.3) is 23.0 Å². The van der Waals surface area contributed by atoms with Gasteiger partial charge in [0.25, 0.3) is 0 Å². The maximum Gasteiger partial charge on any atom is 0.409 e. The number of nitrogens with zero attached hydrogens (tertiary/aromatic N) is 5. The molecule has 0 spiro atoms. The first-order valence-corrected chi connectivity index (χ1v) is 13.1. The number of anilines is 1. The number of hydrogen-bond acceptors (Lipinski definition) is 7. The molecule has 1 atom stereocenters. The molecule has 5 rings (SSSR count). The number of carbonyl (C=O) groups excluding carboxylic acids is 2. The number of carboxylic acid groups (broad SMARTS) is 1. The zero-order chi connectivity index (χ0) is 29.9. The smallest absolute Gasteiger partial charge is 0.409 e. The highest BCUT2D eigenvalue weighted by Gasteiger charge is 2.40. The number of fused-ring (bicyclic) bond motifs is 4. The van der Waals surface area contributed by atoms with Crippen LogP contribution in [0.5, 0.6) is 0 Å². The fourth-order valence-electron chi connectivity index (χ4n) is 4.62. The van der Waals surface area contributed by atoms with Crippen molar-refractivity contribution in [1.29, 1.82) is 0 Å². The van der Waals surface area contributed by atoms with Crippen molar-refractivity contribution in [3.63, 3.8) is 0 Å². The van der Waals surface area contributed by atoms with Gasteiger partial charge in [0.1, 0.15) is 12.2 Å². The molecule has 0 saturated carbocycles. The molecule has 0 unspecified atom stereocenters. The van der Waals surface area contributed by atoms with Crippen LogP contribution in [0.2, 0.25) is 5.02 Å². The molecule has 15 heteroatoms. The van der Waals surface area contributed by atoms with Crippen molar-refractivity contribution in [3.8, 4) is 16.9 Å². The maximum absolute atomic E-state index is 15.0. The second-order valence-corrected chi connectivity index (χ2v) is 9.93. The van der Waals surface area contributed by atoms with Crippen LogP contribution < -0.4 is 10.6 Å². The number of alkyl halides is 2. The van der Waals surface area contributed by atoms with E-state index in [-0.39, 0.29) is 41.8 Å². The molecule has 4 aromatic rings. The minimum atomic E-state index is -3.69. The third-order valence-corrected chi connectivity index (χ3v) is 6.84. The quantitative estimate of drug-likeness (QED) is 0.232. The minimum Gasteiger partial charge on any atom is -0.465 e. The van der Waals surface area contributed by atoms with E-state index in [1.165, 1.54) is 35.4 Å². The number of rotatable bonds is 5. The molecule has 0 aliphatic carbocycles. The van der Waals surface area contributed by atoms with E-state index in [0.29, 0.717) is 22.1 Å². The number of amides is 2. The molecule has 0 radical (unpaired) electrons. The molecule has 2 aromatic heterocycles. The zero-order valence-electron chi connectivity index (χ0n) is 21.7. The van der Waals surface area contributed by atoms with Gasteiger partial charge in [-0.2, -0.15) is 13.5 Å². The third kappa shape index (κ3) is 6.33. The van der Waals surface area contributed by atoms with Crippen LogP contribution in [0.3, 0.4) is 0 Å². The molecule has 3 heterocycles. The van der Waals surface area contributed by atoms with Crippen molar-refractivity contribution in [2.24, 2.45) is 0 Å². The summed E-state index contributed by atoms with van der Waals surface area (Å²) in [5, 5.41) is 25.5. The van der Waals surface area contributed by atoms with E-state index in [0.717, 1.165) is 6.07 Å². The van der Waals surface area contributed by atoms with Gasteiger partial charge in [-0.25, -0.2) is 9.78 Å². The van der Waals surface area contributed by atoms with Gasteiger partial charge in [-0.15, -0.1) is 5.10 Å². The van der Waals surface area contributed by atoms with E-state index in [4.69, 9.17) is 16.7 Å². The standard InChI is InChI=1S/C27H23ClF2N8O4/c28-16-5-8-22(38-14-32-36-37-38)15(11-16)4-9-23(39)34-20-3-1-2-10-27(29,30)24(40)19-12-17(33-26(41)42)6-7-18(19)21-13-31-25(20)35-21/h4-9,11-14,20,33H,1-3,10H2,(H,31,35)(H,34,39)(H,41,42)/b9-4+/t20-/m0/s1. The monoisotopic (exact) mass is 596 g/mol. The van der Waals surface area contributed by atoms with Gasteiger partial charge in [0.05, 0.1) is 17.4 Å². The van der Waals surface area contributed by atoms with Gasteiger partial charge >= 0.3 is 12.0 Å². The summed E-state index contributed by atoms with van der Waals surface area (Å²) in [5.74, 6) is -5.22. The van der Waals surface area contributed by atoms with Gasteiger partial charge in [0.15, 0.2) is 0 Å². The number of carbonyl (C=O) groups is 3. The molecule has 2 bridgehead atoms. The number of ketones is 1. The van der Waals surface area contributed by atoms with E-state index in [9.17, 15) is 23.2 Å². The van der Waals surface area contributed by atoms with Gasteiger partial charge in [-0.05, 0) is 65.7 Å². The highest BCUT2D eigenvalue weighted by molar-refractivity contribution is 6.30. The molecule has 42 heavy (non-hydrogen) atoms. The fraction of sp³-hybridized carbons (Fsp3) is 0.222. The van der Waals surface area contributed by atoms with E-state index in [1.807, 2.05) is 0 Å². The van der Waals surface area contributed by atoms with Crippen molar-refractivity contribution < 1.29 is 28.3 Å². The summed E-state index contributed by atoms with van der Waals surface area (Å²) >= 11 is 6.15. The Labute approximate surface area is 241 Å². The Balaban J connectivity index is 1.43. The van der Waals surface area contributed by atoms with Crippen LogP contribution in [0, 0.1) is 0 Å². The second kappa shape index (κ2) is 11.9. The lowest BCUT2D eigenvalue weighted by molar-refractivity contribution is -0.117. The Morgan fingerprint density at radius 1 is 1.17 bits per heavy atom. The summed E-state index contributed by atoms with van der Waals surface area (Å²) < 4.78 is 31.4. The third-order valence-electron chi connectivity index (χ3n) is 6.60. The lowest BCUT2D eigenvalue weighted by Gasteiger charge is -2.20. The van der Waals surface area contributed by atoms with Gasteiger partial charge in [-0.3, -0.25) is 14.9 Å². The summed E-state index contributed by atoms with van der Waals surface area (Å²) in [4.78, 5) is 44.4. The van der Waals surface area contributed by atoms with Crippen LogP contribution >= 0.6 is 11.6 Å². The molecule has 0 saturated heterocycles. The number of tetrazole rings is 1. The Bertz CT molecular complexity index is 1670. The molecular formula is C27H23ClF2N8O4. The predicted octanol–water partition coefficient (Wildman–Crippen LogP) is 5.06. The molecule has 12 nitrogen and oxygen atoms in total. The van der Waals surface area contributed by atoms with E-state index < -0.39 is 36.2 Å². The highest BCUT2D eigenvalue weighted by atomic mass is 35.5. The van der Waals surface area contributed by atoms with Crippen LogP contribution in [0.15, 0.2) is 55.0 Å². The lowest BCUT2D eigenvalue weighted by atomic mass is 9.94. The Morgan fingerprint density at radius 2 is 2.00 bits per heavy atom. The average molecular weight is 597 g/mol. The van der Waals surface area contributed by atoms with Crippen molar-refractivity contribution >= 4 is 41.1 Å². The number of imidazole rings is 1. The zero-order valence-corrected chi connectivity index (χ0v) is 22.5. The lowest BCUT2D eigenvalue weighted by Crippen LogP contribution is -2.30. The second-order valence-electron chi connectivity index (χ2n) is 9.49. The van der Waals surface area contributed by atoms with Crippen molar-refractivity contribution in [2.75, 3.05) is 5.32 Å². The molecule has 4 N–H and O–H groups in total. The average Bonchev–Trinajstić information content (AvgIpc) is 3.65. The SMILES string of the molecule is O=C(O)Nc1ccc2c(c1)C(=O)C(F)(F)CCCC[C@H](NC(=O)/C=C/c1cc(Cl)ccc1-n1cnnn1)c1nc-2c[nH]1. The number of nitrogens with one attached hydrogen (secondary N) is 3. The predicted molar refractivity (Wildman–Crippen MR) is 147 cm³/mol. The summed E-state index contributed by atoms with van der Waals surface area (Å²) in [6, 6.07) is 8.12. The number of H-pyrrole nitrogens is 1. The van der Waals surface area contributed by atoms with E-state index >= 15 is 0 Å². The first-order valence-electron chi connectivity index (χ1n) is 12.7. The van der Waals surface area contributed by atoms with Crippen molar-refractivity contribution in [1.82, 2.24) is 35.5 Å². The van der Waals surface area contributed by atoms with E-state index in [2.05, 4.69) is 36.1 Å². The number of Topliss-reactive ketones (excluding diaryl/α,β-unsaturated/α-hetero) is 1. The number of aromatic amines is 1. The van der Waals surface area contributed by atoms with Gasteiger partial charge < -0.3 is 15.4 Å². The van der Waals surface area contributed by atoms with Gasteiger partial charge in [0, 0.05) is 46.1 Å². The summed E-state index contributed by atoms with van der Waals surface area (Å²) in [6.45, 7) is 0. The van der Waals surface area contributed by atoms with Crippen LogP contribution in [0.1, 0.15) is 53.5 Å². The van der Waals surface area contributed by atoms with Crippen LogP contribution in [0.4, 0.5) is 19.3 Å². The maximum atomic E-state index is 15.0. The molecule has 1 aliphatic rings. The summed E-state index contributed by atoms with van der Waals surface area (Å²) in [5.41, 5.74) is 1.04. The first kappa shape index (κ1) is 28.5. The minimum absolute atomic E-state index is 0.00523. The summed E-state index contributed by atoms with van der Waals surface area (Å²) in [7, 11) is 0. The fourth-order valence-corrected chi connectivity index (χ4v) is 4.80. The Kier molecular flexibility index (Phi) is 8.06. The Hall–Kier alpha value is -4.98. The molecule has 216 valence electrons. The highest BCUT2D eigenvalue weighted by Crippen LogP contribution is 2.35. The summed E-state index contributed by atoms with van der Waals surface area (Å²) in [6.07, 6.45) is 4.12. The largest absolute Gasteiger partial charge is 0.465 e. The molecule has 2 amide bonds. The van der Waals surface area contributed by atoms with Crippen LogP contribution in [-0.4, -0.2) is 59.0 Å². The number of hydrogen-bond donors (Lipinski definition) is 4. The van der Waals surface area contributed by atoms with Crippen LogP contribution in [-0.2, 0) is 4.79 Å².